The zero-order valence-corrected chi connectivity index (χ0v) is 16.2. The Hall–Kier alpha value is -3.93. The molecule has 4 rings (SSSR count). The molecular weight excluding hydrogens is 362 g/mol. The summed E-state index contributed by atoms with van der Waals surface area (Å²) in [7, 11) is 0. The number of carbonyl (C=O) groups is 1. The molecule has 0 unspecified atom stereocenters. The van der Waals surface area contributed by atoms with Gasteiger partial charge in [-0.05, 0) is 74.0 Å². The minimum atomic E-state index is -0.469. The molecule has 0 saturated heterocycles. The van der Waals surface area contributed by atoms with Crippen LogP contribution < -0.4 is 11.1 Å². The third-order valence-corrected chi connectivity index (χ3v) is 4.59. The van der Waals surface area contributed by atoms with E-state index in [4.69, 9.17) is 5.73 Å². The fourth-order valence-corrected chi connectivity index (χ4v) is 3.33. The Balaban J connectivity index is 1.61. The SMILES string of the molecule is Cc1cc(C)nc(/C=C/c2n[nH]c3cc(Nc4ccccc4C(N)=O)ccc23)c1. The molecule has 6 heteroatoms. The lowest BCUT2D eigenvalue weighted by Crippen LogP contribution is -2.13. The monoisotopic (exact) mass is 383 g/mol. The largest absolute Gasteiger partial charge is 0.366 e. The molecule has 2 aromatic carbocycles. The predicted molar refractivity (Wildman–Crippen MR) is 117 cm³/mol. The van der Waals surface area contributed by atoms with E-state index in [9.17, 15) is 4.79 Å². The van der Waals surface area contributed by atoms with Gasteiger partial charge in [0.2, 0.25) is 0 Å². The second kappa shape index (κ2) is 7.59. The van der Waals surface area contributed by atoms with E-state index >= 15 is 0 Å². The number of anilines is 2. The van der Waals surface area contributed by atoms with Gasteiger partial charge >= 0.3 is 0 Å². The first-order valence-electron chi connectivity index (χ1n) is 9.27. The number of aromatic nitrogens is 3. The number of hydrogen-bond acceptors (Lipinski definition) is 4. The number of hydrogen-bond donors (Lipinski definition) is 3. The molecule has 144 valence electrons. The maximum Gasteiger partial charge on any atom is 0.250 e. The summed E-state index contributed by atoms with van der Waals surface area (Å²) in [6, 6.07) is 17.1. The third kappa shape index (κ3) is 4.01. The summed E-state index contributed by atoms with van der Waals surface area (Å²) in [6.45, 7) is 4.04. The number of nitrogens with zero attached hydrogens (tertiary/aromatic N) is 2. The molecule has 4 aromatic rings. The number of H-pyrrole nitrogens is 1. The lowest BCUT2D eigenvalue weighted by molar-refractivity contribution is 0.100. The fourth-order valence-electron chi connectivity index (χ4n) is 3.33. The molecular formula is C23H21N5O. The van der Waals surface area contributed by atoms with E-state index in [1.807, 2.05) is 61.5 Å². The zero-order chi connectivity index (χ0) is 20.4. The highest BCUT2D eigenvalue weighted by Crippen LogP contribution is 2.25. The van der Waals surface area contributed by atoms with Crippen LogP contribution in [0.4, 0.5) is 11.4 Å². The van der Waals surface area contributed by atoms with E-state index in [1.165, 1.54) is 5.56 Å². The van der Waals surface area contributed by atoms with Crippen molar-refractivity contribution in [3.63, 3.8) is 0 Å². The van der Waals surface area contributed by atoms with Crippen LogP contribution in [-0.2, 0) is 0 Å². The van der Waals surface area contributed by atoms with Crippen LogP contribution in [0.2, 0.25) is 0 Å². The molecule has 0 saturated carbocycles. The molecule has 0 atom stereocenters. The minimum Gasteiger partial charge on any atom is -0.366 e. The van der Waals surface area contributed by atoms with Crippen LogP contribution in [-0.4, -0.2) is 21.1 Å². The van der Waals surface area contributed by atoms with Crippen molar-refractivity contribution in [2.45, 2.75) is 13.8 Å². The van der Waals surface area contributed by atoms with E-state index in [2.05, 4.69) is 27.4 Å². The van der Waals surface area contributed by atoms with Gasteiger partial charge < -0.3 is 11.1 Å². The van der Waals surface area contributed by atoms with Crippen molar-refractivity contribution in [1.82, 2.24) is 15.2 Å². The number of para-hydroxylation sites is 1. The highest BCUT2D eigenvalue weighted by molar-refractivity contribution is 5.99. The standard InChI is InChI=1S/C23H21N5O/c1-14-11-15(2)25-16(12-14)8-10-21-18-9-7-17(13-22(18)28-27-21)26-20-6-4-3-5-19(20)23(24)29/h3-13,26H,1-2H3,(H2,24,29)(H,27,28)/b10-8+. The highest BCUT2D eigenvalue weighted by Gasteiger charge is 2.09. The van der Waals surface area contributed by atoms with Crippen LogP contribution in [0.1, 0.15) is 33.0 Å². The second-order valence-corrected chi connectivity index (χ2v) is 6.95. The Morgan fingerprint density at radius 2 is 1.90 bits per heavy atom. The maximum atomic E-state index is 11.6. The molecule has 4 N–H and O–H groups in total. The quantitative estimate of drug-likeness (QED) is 0.470. The number of carbonyl (C=O) groups excluding carboxylic acids is 1. The molecule has 6 nitrogen and oxygen atoms in total. The van der Waals surface area contributed by atoms with Gasteiger partial charge in [-0.1, -0.05) is 12.1 Å². The first-order valence-corrected chi connectivity index (χ1v) is 9.27. The van der Waals surface area contributed by atoms with Gasteiger partial charge in [-0.15, -0.1) is 0 Å². The van der Waals surface area contributed by atoms with Gasteiger partial charge in [-0.2, -0.15) is 5.10 Å². The maximum absolute atomic E-state index is 11.6. The number of nitrogens with two attached hydrogens (primary N) is 1. The first kappa shape index (κ1) is 18.4. The summed E-state index contributed by atoms with van der Waals surface area (Å²) in [6.07, 6.45) is 3.92. The number of aryl methyl sites for hydroxylation is 2. The Kier molecular flexibility index (Phi) is 4.83. The molecule has 0 bridgehead atoms. The molecule has 0 spiro atoms. The number of fused-ring (bicyclic) bond motifs is 1. The van der Waals surface area contributed by atoms with Gasteiger partial charge in [0.15, 0.2) is 0 Å². The number of pyridine rings is 1. The number of nitrogens with one attached hydrogen (secondary N) is 2. The van der Waals surface area contributed by atoms with Crippen LogP contribution in [0.15, 0.2) is 54.6 Å². The van der Waals surface area contributed by atoms with Crippen molar-refractivity contribution in [1.29, 1.82) is 0 Å². The lowest BCUT2D eigenvalue weighted by Gasteiger charge is -2.10. The smallest absolute Gasteiger partial charge is 0.250 e. The van der Waals surface area contributed by atoms with Crippen LogP contribution in [0, 0.1) is 13.8 Å². The molecule has 1 amide bonds. The topological polar surface area (TPSA) is 96.7 Å². The molecule has 0 radical (unpaired) electrons. The molecule has 2 heterocycles. The summed E-state index contributed by atoms with van der Waals surface area (Å²) >= 11 is 0. The Morgan fingerprint density at radius 3 is 2.69 bits per heavy atom. The summed E-state index contributed by atoms with van der Waals surface area (Å²) in [4.78, 5) is 16.1. The molecule has 0 fully saturated rings. The molecule has 29 heavy (non-hydrogen) atoms. The Labute approximate surface area is 168 Å². The van der Waals surface area contributed by atoms with Crippen molar-refractivity contribution in [2.75, 3.05) is 5.32 Å². The van der Waals surface area contributed by atoms with E-state index in [-0.39, 0.29) is 0 Å². The molecule has 0 aliphatic carbocycles. The summed E-state index contributed by atoms with van der Waals surface area (Å²) in [5.74, 6) is -0.469. The number of rotatable bonds is 5. The van der Waals surface area contributed by atoms with Gasteiger partial charge in [0, 0.05) is 16.8 Å². The van der Waals surface area contributed by atoms with Crippen molar-refractivity contribution in [3.05, 3.63) is 82.8 Å². The molecule has 0 aliphatic heterocycles. The summed E-state index contributed by atoms with van der Waals surface area (Å²) in [5.41, 5.74) is 12.2. The predicted octanol–water partition coefficient (Wildman–Crippen LogP) is 4.59. The Morgan fingerprint density at radius 1 is 1.07 bits per heavy atom. The fraction of sp³-hybridized carbons (Fsp3) is 0.0870. The molecule has 2 aromatic heterocycles. The number of primary amides is 1. The van der Waals surface area contributed by atoms with E-state index in [0.717, 1.165) is 33.7 Å². The van der Waals surface area contributed by atoms with Crippen LogP contribution in [0.3, 0.4) is 0 Å². The Bertz CT molecular complexity index is 1220. The lowest BCUT2D eigenvalue weighted by atomic mass is 10.1. The van der Waals surface area contributed by atoms with Gasteiger partial charge in [-0.25, -0.2) is 0 Å². The van der Waals surface area contributed by atoms with E-state index in [1.54, 1.807) is 12.1 Å². The second-order valence-electron chi connectivity index (χ2n) is 6.95. The van der Waals surface area contributed by atoms with Gasteiger partial charge in [0.1, 0.15) is 0 Å². The van der Waals surface area contributed by atoms with E-state index in [0.29, 0.717) is 11.3 Å². The van der Waals surface area contributed by atoms with Crippen molar-refractivity contribution in [2.24, 2.45) is 5.73 Å². The van der Waals surface area contributed by atoms with Crippen LogP contribution >= 0.6 is 0 Å². The highest BCUT2D eigenvalue weighted by atomic mass is 16.1. The third-order valence-electron chi connectivity index (χ3n) is 4.59. The average molecular weight is 383 g/mol. The summed E-state index contributed by atoms with van der Waals surface area (Å²) in [5, 5.41) is 11.7. The molecule has 0 aliphatic rings. The number of benzene rings is 2. The van der Waals surface area contributed by atoms with Gasteiger partial charge in [0.25, 0.3) is 5.91 Å². The number of aromatic amines is 1. The van der Waals surface area contributed by atoms with Crippen molar-refractivity contribution < 1.29 is 4.79 Å². The van der Waals surface area contributed by atoms with Gasteiger partial charge in [0.05, 0.1) is 28.2 Å². The first-order chi connectivity index (χ1) is 14.0. The van der Waals surface area contributed by atoms with E-state index < -0.39 is 5.91 Å². The normalized spacial score (nSPS) is 11.2. The minimum absolute atomic E-state index is 0.446. The van der Waals surface area contributed by atoms with Crippen molar-refractivity contribution in [3.8, 4) is 0 Å². The number of amides is 1. The zero-order valence-electron chi connectivity index (χ0n) is 16.2. The van der Waals surface area contributed by atoms with Crippen LogP contribution in [0.25, 0.3) is 23.1 Å². The summed E-state index contributed by atoms with van der Waals surface area (Å²) < 4.78 is 0. The van der Waals surface area contributed by atoms with Crippen molar-refractivity contribution >= 4 is 40.3 Å². The van der Waals surface area contributed by atoms with Crippen LogP contribution in [0.5, 0.6) is 0 Å². The average Bonchev–Trinajstić information content (AvgIpc) is 3.08. The van der Waals surface area contributed by atoms with Gasteiger partial charge in [-0.3, -0.25) is 14.9 Å².